The summed E-state index contributed by atoms with van der Waals surface area (Å²) in [6.07, 6.45) is 7.61. The molecule has 3 heterocycles. The van der Waals surface area contributed by atoms with Gasteiger partial charge in [0.2, 0.25) is 5.91 Å². The van der Waals surface area contributed by atoms with E-state index in [1.165, 1.54) is 35.0 Å². The number of thiophene rings is 1. The highest BCUT2D eigenvalue weighted by molar-refractivity contribution is 7.99. The molecule has 1 saturated carbocycles. The lowest BCUT2D eigenvalue weighted by molar-refractivity contribution is -0.118. The lowest BCUT2D eigenvalue weighted by atomic mass is 9.89. The summed E-state index contributed by atoms with van der Waals surface area (Å²) in [6, 6.07) is 0. The number of fused-ring (bicyclic) bond motifs is 3. The summed E-state index contributed by atoms with van der Waals surface area (Å²) in [6.45, 7) is 4.32. The smallest absolute Gasteiger partial charge is 0.263 e. The summed E-state index contributed by atoms with van der Waals surface area (Å²) in [5.41, 5.74) is 1.26. The first-order valence-corrected chi connectivity index (χ1v) is 12.9. The second-order valence-electron chi connectivity index (χ2n) is 9.01. The first kappa shape index (κ1) is 20.5. The van der Waals surface area contributed by atoms with Crippen molar-refractivity contribution in [3.8, 4) is 0 Å². The van der Waals surface area contributed by atoms with Gasteiger partial charge >= 0.3 is 0 Å². The molecule has 0 spiro atoms. The molecule has 1 saturated heterocycles. The lowest BCUT2D eigenvalue weighted by Crippen LogP contribution is -2.30. The molecule has 2 aromatic heterocycles. The first-order chi connectivity index (χ1) is 14.6. The van der Waals surface area contributed by atoms with Gasteiger partial charge in [0.05, 0.1) is 23.8 Å². The van der Waals surface area contributed by atoms with Gasteiger partial charge in [-0.1, -0.05) is 18.7 Å². The fourth-order valence-corrected chi connectivity index (χ4v) is 6.69. The van der Waals surface area contributed by atoms with Crippen LogP contribution in [-0.2, 0) is 28.9 Å². The third-order valence-corrected chi connectivity index (χ3v) is 8.53. The molecule has 0 aromatic carbocycles. The number of carbonyl (C=O) groups excluding carboxylic acids is 1. The average Bonchev–Trinajstić information content (AvgIpc) is 3.28. The number of rotatable bonds is 7. The molecular weight excluding hydrogens is 418 g/mol. The quantitative estimate of drug-likeness (QED) is 0.520. The summed E-state index contributed by atoms with van der Waals surface area (Å²) in [4.78, 5) is 32.9. The summed E-state index contributed by atoms with van der Waals surface area (Å²) in [5, 5.41) is 4.46. The summed E-state index contributed by atoms with van der Waals surface area (Å²) >= 11 is 3.05. The third kappa shape index (κ3) is 4.32. The minimum Gasteiger partial charge on any atom is -0.376 e. The zero-order valence-electron chi connectivity index (χ0n) is 17.4. The van der Waals surface area contributed by atoms with Crippen molar-refractivity contribution in [2.45, 2.75) is 69.7 Å². The third-order valence-electron chi connectivity index (χ3n) is 6.41. The molecule has 2 atom stereocenters. The Morgan fingerprint density at radius 2 is 2.20 bits per heavy atom. The monoisotopic (exact) mass is 447 g/mol. The van der Waals surface area contributed by atoms with Crippen molar-refractivity contribution in [1.82, 2.24) is 14.9 Å². The molecule has 2 aromatic rings. The number of thioether (sulfide) groups is 1. The van der Waals surface area contributed by atoms with E-state index in [4.69, 9.17) is 9.72 Å². The maximum absolute atomic E-state index is 13.6. The Kier molecular flexibility index (Phi) is 5.90. The molecule has 162 valence electrons. The van der Waals surface area contributed by atoms with Crippen molar-refractivity contribution in [2.75, 3.05) is 18.9 Å². The maximum Gasteiger partial charge on any atom is 0.263 e. The van der Waals surface area contributed by atoms with Crippen LogP contribution in [0.3, 0.4) is 0 Å². The van der Waals surface area contributed by atoms with Crippen molar-refractivity contribution in [3.05, 3.63) is 20.8 Å². The molecule has 30 heavy (non-hydrogen) atoms. The predicted octanol–water partition coefficient (Wildman–Crippen LogP) is 3.38. The zero-order chi connectivity index (χ0) is 20.7. The van der Waals surface area contributed by atoms with E-state index in [1.807, 2.05) is 0 Å². The van der Waals surface area contributed by atoms with E-state index in [1.54, 1.807) is 15.9 Å². The second-order valence-corrected chi connectivity index (χ2v) is 11.0. The van der Waals surface area contributed by atoms with Crippen molar-refractivity contribution in [3.63, 3.8) is 0 Å². The highest BCUT2D eigenvalue weighted by atomic mass is 32.2. The van der Waals surface area contributed by atoms with E-state index in [0.717, 1.165) is 55.5 Å². The molecule has 0 bridgehead atoms. The highest BCUT2D eigenvalue weighted by Crippen LogP contribution is 2.36. The predicted molar refractivity (Wildman–Crippen MR) is 121 cm³/mol. The number of ether oxygens (including phenoxy) is 1. The van der Waals surface area contributed by atoms with Crippen LogP contribution in [-0.4, -0.2) is 40.5 Å². The van der Waals surface area contributed by atoms with E-state index in [-0.39, 0.29) is 23.3 Å². The van der Waals surface area contributed by atoms with Gasteiger partial charge < -0.3 is 10.1 Å². The van der Waals surface area contributed by atoms with Crippen LogP contribution in [0.2, 0.25) is 0 Å². The maximum atomic E-state index is 13.6. The number of aryl methyl sites for hydroxylation is 1. The standard InChI is InChI=1S/C22H29N3O3S2/c1-13-4-7-16-17(9-13)30-20-19(16)21(27)25(11-15-3-2-8-28-15)22(24-20)29-12-18(26)23-10-14-5-6-14/h13-15H,2-12H2,1H3,(H,23,26). The largest absolute Gasteiger partial charge is 0.376 e. The molecule has 2 unspecified atom stereocenters. The SMILES string of the molecule is CC1CCc2c(sc3nc(SCC(=O)NCC4CC4)n(CC4CCCO4)c(=O)c23)C1. The molecule has 5 rings (SSSR count). The second kappa shape index (κ2) is 8.63. The number of nitrogens with one attached hydrogen (secondary N) is 1. The Morgan fingerprint density at radius 3 is 2.97 bits per heavy atom. The molecule has 6 nitrogen and oxygen atoms in total. The molecule has 2 fully saturated rings. The van der Waals surface area contributed by atoms with Crippen LogP contribution in [0.1, 0.15) is 49.5 Å². The molecule has 8 heteroatoms. The Labute approximate surface area is 184 Å². The molecule has 2 aliphatic carbocycles. The van der Waals surface area contributed by atoms with Gasteiger partial charge in [-0.2, -0.15) is 0 Å². The summed E-state index contributed by atoms with van der Waals surface area (Å²) < 4.78 is 7.59. The average molecular weight is 448 g/mol. The van der Waals surface area contributed by atoms with Gasteiger partial charge in [-0.25, -0.2) is 4.98 Å². The van der Waals surface area contributed by atoms with Gasteiger partial charge in [0.1, 0.15) is 4.83 Å². The number of aromatic nitrogens is 2. The zero-order valence-corrected chi connectivity index (χ0v) is 19.1. The van der Waals surface area contributed by atoms with E-state index < -0.39 is 0 Å². The van der Waals surface area contributed by atoms with Crippen molar-refractivity contribution >= 4 is 39.2 Å². The van der Waals surface area contributed by atoms with Gasteiger partial charge in [0.15, 0.2) is 5.16 Å². The Hall–Kier alpha value is -1.38. The van der Waals surface area contributed by atoms with Crippen molar-refractivity contribution in [1.29, 1.82) is 0 Å². The molecule has 1 amide bonds. The van der Waals surface area contributed by atoms with Crippen LogP contribution in [0.5, 0.6) is 0 Å². The normalized spacial score (nSPS) is 23.6. The van der Waals surface area contributed by atoms with Gasteiger partial charge in [-0.15, -0.1) is 11.3 Å². The fourth-order valence-electron chi connectivity index (χ4n) is 4.43. The minimum atomic E-state index is 0.0178. The summed E-state index contributed by atoms with van der Waals surface area (Å²) in [5.74, 6) is 1.62. The van der Waals surface area contributed by atoms with Gasteiger partial charge in [-0.3, -0.25) is 14.2 Å². The lowest BCUT2D eigenvalue weighted by Gasteiger charge is -2.18. The van der Waals surface area contributed by atoms with Crippen LogP contribution in [0.25, 0.3) is 10.2 Å². The van der Waals surface area contributed by atoms with E-state index in [2.05, 4.69) is 12.2 Å². The number of nitrogens with zero attached hydrogens (tertiary/aromatic N) is 2. The van der Waals surface area contributed by atoms with Crippen molar-refractivity contribution in [2.24, 2.45) is 11.8 Å². The topological polar surface area (TPSA) is 73.2 Å². The van der Waals surface area contributed by atoms with Gasteiger partial charge in [-0.05, 0) is 62.3 Å². The van der Waals surface area contributed by atoms with Crippen LogP contribution < -0.4 is 10.9 Å². The first-order valence-electron chi connectivity index (χ1n) is 11.1. The van der Waals surface area contributed by atoms with Gasteiger partial charge in [0, 0.05) is 18.0 Å². The number of hydrogen-bond acceptors (Lipinski definition) is 6. The van der Waals surface area contributed by atoms with Crippen molar-refractivity contribution < 1.29 is 9.53 Å². The van der Waals surface area contributed by atoms with Crippen LogP contribution >= 0.6 is 23.1 Å². The Balaban J connectivity index is 1.45. The molecular formula is C22H29N3O3S2. The van der Waals surface area contributed by atoms with Crippen LogP contribution in [0.15, 0.2) is 9.95 Å². The summed E-state index contributed by atoms with van der Waals surface area (Å²) in [7, 11) is 0. The Morgan fingerprint density at radius 1 is 1.33 bits per heavy atom. The molecule has 3 aliphatic rings. The number of amides is 1. The van der Waals surface area contributed by atoms with E-state index in [9.17, 15) is 9.59 Å². The number of hydrogen-bond donors (Lipinski definition) is 1. The van der Waals surface area contributed by atoms with Crippen LogP contribution in [0.4, 0.5) is 0 Å². The highest BCUT2D eigenvalue weighted by Gasteiger charge is 2.27. The minimum absolute atomic E-state index is 0.0178. The fraction of sp³-hybridized carbons (Fsp3) is 0.682. The molecule has 1 N–H and O–H groups in total. The van der Waals surface area contributed by atoms with E-state index >= 15 is 0 Å². The Bertz CT molecular complexity index is 1010. The van der Waals surface area contributed by atoms with Crippen LogP contribution in [0, 0.1) is 11.8 Å². The molecule has 1 aliphatic heterocycles. The van der Waals surface area contributed by atoms with E-state index in [0.29, 0.717) is 23.5 Å². The number of carbonyl (C=O) groups is 1. The van der Waals surface area contributed by atoms with Gasteiger partial charge in [0.25, 0.3) is 5.56 Å². The molecule has 0 radical (unpaired) electrons.